The number of aliphatic hydroxyl groups is 1. The van der Waals surface area contributed by atoms with Crippen LogP contribution in [0.25, 0.3) is 0 Å². The average Bonchev–Trinajstić information content (AvgIpc) is 2.83. The number of halogens is 3. The molecule has 0 aliphatic rings. The fraction of sp³-hybridized carbons (Fsp3) is 0.364. The normalized spacial score (nSPS) is 13.3. The highest BCUT2D eigenvalue weighted by atomic mass is 79.9. The van der Waals surface area contributed by atoms with Gasteiger partial charge in [-0.1, -0.05) is 0 Å². The first-order chi connectivity index (χ1) is 8.41. The predicted octanol–water partition coefficient (Wildman–Crippen LogP) is 4.43. The van der Waals surface area contributed by atoms with E-state index < -0.39 is 6.10 Å². The van der Waals surface area contributed by atoms with E-state index in [1.165, 1.54) is 0 Å². The molecule has 18 heavy (non-hydrogen) atoms. The van der Waals surface area contributed by atoms with Crippen molar-refractivity contribution in [3.8, 4) is 0 Å². The lowest BCUT2D eigenvalue weighted by Gasteiger charge is -2.14. The fourth-order valence-corrected chi connectivity index (χ4v) is 2.75. The minimum atomic E-state index is -0.869. The maximum absolute atomic E-state index is 10.4. The zero-order chi connectivity index (χ0) is 13.4. The highest BCUT2D eigenvalue weighted by Gasteiger charge is 2.24. The zero-order valence-electron chi connectivity index (χ0n) is 9.69. The van der Waals surface area contributed by atoms with Gasteiger partial charge in [0.25, 0.3) is 0 Å². The van der Waals surface area contributed by atoms with Crippen LogP contribution in [-0.2, 0) is 0 Å². The van der Waals surface area contributed by atoms with Gasteiger partial charge < -0.3 is 9.52 Å². The second kappa shape index (κ2) is 5.48. The summed E-state index contributed by atoms with van der Waals surface area (Å²) in [4.78, 5) is 0. The van der Waals surface area contributed by atoms with Gasteiger partial charge >= 0.3 is 0 Å². The van der Waals surface area contributed by atoms with E-state index in [-0.39, 0.29) is 6.04 Å². The average molecular weight is 443 g/mol. The Hall–Kier alpha value is -0.110. The molecule has 1 N–H and O–H groups in total. The smallest absolute Gasteiger partial charge is 0.183 e. The molecule has 0 aromatic carbocycles. The standard InChI is InChI=1S/C11H11Br3N2O2/c1-5(2)16-9(7(13)4-15-16)10(17)8-3-6(12)11(14)18-8/h3-5,10,17H,1-2H3. The van der Waals surface area contributed by atoms with Crippen LogP contribution in [0, 0.1) is 0 Å². The molecule has 0 saturated carbocycles. The second-order valence-corrected chi connectivity index (χ2v) is 6.52. The number of furan rings is 1. The Balaban J connectivity index is 2.45. The van der Waals surface area contributed by atoms with E-state index in [9.17, 15) is 5.11 Å². The molecular weight excluding hydrogens is 432 g/mol. The molecule has 2 heterocycles. The van der Waals surface area contributed by atoms with E-state index in [0.717, 1.165) is 8.95 Å². The van der Waals surface area contributed by atoms with Crippen molar-refractivity contribution >= 4 is 47.8 Å². The highest BCUT2D eigenvalue weighted by Crippen LogP contribution is 2.35. The quantitative estimate of drug-likeness (QED) is 0.765. The van der Waals surface area contributed by atoms with Crippen molar-refractivity contribution in [1.82, 2.24) is 9.78 Å². The molecule has 1 unspecified atom stereocenters. The van der Waals surface area contributed by atoms with Gasteiger partial charge in [0.2, 0.25) is 0 Å². The van der Waals surface area contributed by atoms with Crippen LogP contribution in [0.5, 0.6) is 0 Å². The predicted molar refractivity (Wildman–Crippen MR) is 78.5 cm³/mol. The molecular formula is C11H11Br3N2O2. The van der Waals surface area contributed by atoms with E-state index in [0.29, 0.717) is 16.1 Å². The Labute approximate surface area is 130 Å². The van der Waals surface area contributed by atoms with Gasteiger partial charge in [-0.05, 0) is 67.7 Å². The summed E-state index contributed by atoms with van der Waals surface area (Å²) in [5, 5.41) is 14.6. The Morgan fingerprint density at radius 2 is 1.94 bits per heavy atom. The summed E-state index contributed by atoms with van der Waals surface area (Å²) in [6, 6.07) is 1.89. The molecule has 0 spiro atoms. The van der Waals surface area contributed by atoms with Gasteiger partial charge in [0, 0.05) is 6.04 Å². The fourth-order valence-electron chi connectivity index (χ4n) is 1.65. The van der Waals surface area contributed by atoms with Crippen LogP contribution in [0.1, 0.15) is 37.4 Å². The molecule has 2 aromatic heterocycles. The number of rotatable bonds is 3. The Morgan fingerprint density at radius 3 is 2.44 bits per heavy atom. The minimum absolute atomic E-state index is 0.155. The molecule has 0 amide bonds. The van der Waals surface area contributed by atoms with Crippen molar-refractivity contribution in [2.75, 3.05) is 0 Å². The van der Waals surface area contributed by atoms with Crippen molar-refractivity contribution in [1.29, 1.82) is 0 Å². The van der Waals surface area contributed by atoms with Crippen LogP contribution in [0.15, 0.2) is 30.3 Å². The summed E-state index contributed by atoms with van der Waals surface area (Å²) < 4.78 is 9.29. The third kappa shape index (κ3) is 2.59. The monoisotopic (exact) mass is 440 g/mol. The van der Waals surface area contributed by atoms with Crippen molar-refractivity contribution in [2.24, 2.45) is 0 Å². The number of hydrogen-bond donors (Lipinski definition) is 1. The van der Waals surface area contributed by atoms with Crippen LogP contribution in [0.2, 0.25) is 0 Å². The maximum Gasteiger partial charge on any atom is 0.183 e. The van der Waals surface area contributed by atoms with Crippen LogP contribution < -0.4 is 0 Å². The summed E-state index contributed by atoms with van der Waals surface area (Å²) in [6.07, 6.45) is 0.804. The van der Waals surface area contributed by atoms with Crippen LogP contribution >= 0.6 is 47.8 Å². The first-order valence-electron chi connectivity index (χ1n) is 5.27. The van der Waals surface area contributed by atoms with Crippen LogP contribution in [0.4, 0.5) is 0 Å². The molecule has 0 bridgehead atoms. The first-order valence-corrected chi connectivity index (χ1v) is 7.65. The van der Waals surface area contributed by atoms with E-state index in [1.54, 1.807) is 16.9 Å². The second-order valence-electron chi connectivity index (χ2n) is 4.09. The molecule has 2 aromatic rings. The molecule has 4 nitrogen and oxygen atoms in total. The number of aromatic nitrogens is 2. The van der Waals surface area contributed by atoms with E-state index in [4.69, 9.17) is 4.42 Å². The van der Waals surface area contributed by atoms with E-state index >= 15 is 0 Å². The van der Waals surface area contributed by atoms with Crippen LogP contribution in [0.3, 0.4) is 0 Å². The molecule has 0 aliphatic carbocycles. The maximum atomic E-state index is 10.4. The highest BCUT2D eigenvalue weighted by molar-refractivity contribution is 9.13. The van der Waals surface area contributed by atoms with E-state index in [1.807, 2.05) is 13.8 Å². The SMILES string of the molecule is CC(C)n1ncc(Br)c1C(O)c1cc(Br)c(Br)o1. The molecule has 98 valence electrons. The summed E-state index contributed by atoms with van der Waals surface area (Å²) in [5.41, 5.74) is 0.679. The van der Waals surface area contributed by atoms with Crippen molar-refractivity contribution in [3.63, 3.8) is 0 Å². The Bertz CT molecular complexity index is 543. The van der Waals surface area contributed by atoms with Gasteiger partial charge in [-0.3, -0.25) is 4.68 Å². The summed E-state index contributed by atoms with van der Waals surface area (Å²) in [7, 11) is 0. The number of nitrogens with zero attached hydrogens (tertiary/aromatic N) is 2. The lowest BCUT2D eigenvalue weighted by atomic mass is 10.2. The van der Waals surface area contributed by atoms with Gasteiger partial charge in [0.1, 0.15) is 5.76 Å². The Kier molecular flexibility index (Phi) is 4.36. The number of hydrogen-bond acceptors (Lipinski definition) is 3. The summed E-state index contributed by atoms with van der Waals surface area (Å²) in [6.45, 7) is 4.01. The molecule has 0 fully saturated rings. The first kappa shape index (κ1) is 14.3. The summed E-state index contributed by atoms with van der Waals surface area (Å²) in [5.74, 6) is 0.455. The van der Waals surface area contributed by atoms with Gasteiger partial charge in [-0.25, -0.2) is 0 Å². The lowest BCUT2D eigenvalue weighted by molar-refractivity contribution is 0.174. The molecule has 0 aliphatic heterocycles. The van der Waals surface area contributed by atoms with Crippen LogP contribution in [-0.4, -0.2) is 14.9 Å². The third-order valence-corrected chi connectivity index (χ3v) is 4.79. The van der Waals surface area contributed by atoms with Crippen molar-refractivity contribution in [2.45, 2.75) is 26.0 Å². The molecule has 7 heteroatoms. The van der Waals surface area contributed by atoms with Crippen molar-refractivity contribution < 1.29 is 9.52 Å². The van der Waals surface area contributed by atoms with Gasteiger partial charge in [0.15, 0.2) is 10.8 Å². The summed E-state index contributed by atoms with van der Waals surface area (Å²) >= 11 is 9.98. The largest absolute Gasteiger partial charge is 0.450 e. The molecule has 0 saturated heterocycles. The number of aliphatic hydroxyl groups excluding tert-OH is 1. The molecule has 1 atom stereocenters. The third-order valence-electron chi connectivity index (χ3n) is 2.47. The van der Waals surface area contributed by atoms with Gasteiger partial charge in [0.05, 0.1) is 20.8 Å². The van der Waals surface area contributed by atoms with E-state index in [2.05, 4.69) is 52.9 Å². The minimum Gasteiger partial charge on any atom is -0.450 e. The topological polar surface area (TPSA) is 51.2 Å². The van der Waals surface area contributed by atoms with Gasteiger partial charge in [-0.2, -0.15) is 5.10 Å². The molecule has 0 radical (unpaired) electrons. The Morgan fingerprint density at radius 1 is 1.28 bits per heavy atom. The lowest BCUT2D eigenvalue weighted by Crippen LogP contribution is -2.12. The van der Waals surface area contributed by atoms with Crippen molar-refractivity contribution in [3.05, 3.63) is 37.3 Å². The zero-order valence-corrected chi connectivity index (χ0v) is 14.5. The molecule has 2 rings (SSSR count). The van der Waals surface area contributed by atoms with Gasteiger partial charge in [-0.15, -0.1) is 0 Å².